The highest BCUT2D eigenvalue weighted by molar-refractivity contribution is 7.89. The Kier molecular flexibility index (Phi) is 5.48. The predicted octanol–water partition coefficient (Wildman–Crippen LogP) is 1.89. The molecule has 118 valence electrons. The number of halogens is 1. The Balaban J connectivity index is 2.35. The maximum atomic E-state index is 12.8. The van der Waals surface area contributed by atoms with Gasteiger partial charge in [-0.05, 0) is 36.6 Å². The highest BCUT2D eigenvalue weighted by Gasteiger charge is 2.33. The van der Waals surface area contributed by atoms with E-state index in [1.807, 2.05) is 0 Å². The van der Waals surface area contributed by atoms with Gasteiger partial charge in [0.15, 0.2) is 0 Å². The van der Waals surface area contributed by atoms with Crippen LogP contribution in [0.4, 0.5) is 0 Å². The number of rotatable bonds is 6. The number of nitrogens with zero attached hydrogens (tertiary/aromatic N) is 1. The molecule has 7 heteroatoms. The molecule has 0 aromatic heterocycles. The fraction of sp³-hybridized carbons (Fsp3) is 0.571. The van der Waals surface area contributed by atoms with E-state index in [0.717, 1.165) is 6.42 Å². The first-order valence-corrected chi connectivity index (χ1v) is 8.76. The topological polar surface area (TPSA) is 55.8 Å². The van der Waals surface area contributed by atoms with Crippen LogP contribution in [0.3, 0.4) is 0 Å². The van der Waals surface area contributed by atoms with Crippen molar-refractivity contribution in [2.45, 2.75) is 23.8 Å². The van der Waals surface area contributed by atoms with E-state index in [2.05, 4.69) is 0 Å². The van der Waals surface area contributed by atoms with Crippen molar-refractivity contribution in [3.05, 3.63) is 23.8 Å². The number of benzene rings is 1. The van der Waals surface area contributed by atoms with Gasteiger partial charge in [-0.2, -0.15) is 4.31 Å². The van der Waals surface area contributed by atoms with Gasteiger partial charge < -0.3 is 9.47 Å². The van der Waals surface area contributed by atoms with Gasteiger partial charge in [-0.25, -0.2) is 8.42 Å². The number of methoxy groups -OCH3 is 2. The molecule has 1 aliphatic rings. The average molecular weight is 334 g/mol. The fourth-order valence-electron chi connectivity index (χ4n) is 2.48. The number of hydrogen-bond donors (Lipinski definition) is 0. The van der Waals surface area contributed by atoms with Crippen molar-refractivity contribution in [1.82, 2.24) is 4.31 Å². The van der Waals surface area contributed by atoms with E-state index in [0.29, 0.717) is 41.6 Å². The van der Waals surface area contributed by atoms with Crippen molar-refractivity contribution >= 4 is 21.6 Å². The Morgan fingerprint density at radius 2 is 2.14 bits per heavy atom. The Morgan fingerprint density at radius 1 is 1.38 bits per heavy atom. The summed E-state index contributed by atoms with van der Waals surface area (Å²) in [6.07, 6.45) is 1.17. The van der Waals surface area contributed by atoms with Gasteiger partial charge in [0.2, 0.25) is 10.0 Å². The zero-order chi connectivity index (χ0) is 15.5. The molecule has 0 bridgehead atoms. The largest absolute Gasteiger partial charge is 0.497 e. The van der Waals surface area contributed by atoms with Gasteiger partial charge in [0.25, 0.3) is 0 Å². The molecule has 0 amide bonds. The van der Waals surface area contributed by atoms with Gasteiger partial charge in [0.1, 0.15) is 5.75 Å². The molecule has 2 rings (SSSR count). The molecule has 21 heavy (non-hydrogen) atoms. The van der Waals surface area contributed by atoms with E-state index in [1.54, 1.807) is 32.4 Å². The molecular formula is C14H20ClNO4S. The second-order valence-electron chi connectivity index (χ2n) is 4.92. The van der Waals surface area contributed by atoms with Crippen LogP contribution in [0, 0.1) is 0 Å². The zero-order valence-corrected chi connectivity index (χ0v) is 13.8. The molecule has 1 aromatic rings. The number of ether oxygens (including phenoxy) is 2. The highest BCUT2D eigenvalue weighted by atomic mass is 35.5. The molecule has 5 nitrogen and oxygen atoms in total. The average Bonchev–Trinajstić information content (AvgIpc) is 2.97. The van der Waals surface area contributed by atoms with E-state index in [9.17, 15) is 8.42 Å². The van der Waals surface area contributed by atoms with Crippen LogP contribution in [0.25, 0.3) is 0 Å². The monoisotopic (exact) mass is 333 g/mol. The molecule has 0 saturated carbocycles. The van der Waals surface area contributed by atoms with E-state index < -0.39 is 10.0 Å². The van der Waals surface area contributed by atoms with Crippen molar-refractivity contribution in [3.8, 4) is 5.75 Å². The molecule has 0 aliphatic carbocycles. The number of sulfonamides is 1. The van der Waals surface area contributed by atoms with Crippen LogP contribution >= 0.6 is 11.6 Å². The normalized spacial score (nSPS) is 19.9. The molecule has 0 N–H and O–H groups in total. The minimum absolute atomic E-state index is 0.0329. The maximum Gasteiger partial charge on any atom is 0.243 e. The first kappa shape index (κ1) is 16.5. The second-order valence-corrected chi connectivity index (χ2v) is 7.21. The van der Waals surface area contributed by atoms with Gasteiger partial charge in [-0.1, -0.05) is 0 Å². The summed E-state index contributed by atoms with van der Waals surface area (Å²) in [4.78, 5) is 0.306. The molecule has 1 heterocycles. The Bertz CT molecular complexity index is 591. The third-order valence-corrected chi connectivity index (χ3v) is 5.84. The lowest BCUT2D eigenvalue weighted by Gasteiger charge is -2.19. The van der Waals surface area contributed by atoms with E-state index in [4.69, 9.17) is 21.1 Å². The molecular weight excluding hydrogens is 314 g/mol. The lowest BCUT2D eigenvalue weighted by molar-refractivity contribution is 0.115. The number of alkyl halides is 1. The Hall–Kier alpha value is -0.820. The van der Waals surface area contributed by atoms with Crippen LogP contribution in [0.5, 0.6) is 5.75 Å². The summed E-state index contributed by atoms with van der Waals surface area (Å²) < 4.78 is 37.4. The molecule has 1 atom stereocenters. The minimum Gasteiger partial charge on any atom is -0.497 e. The van der Waals surface area contributed by atoms with Crippen LogP contribution in [-0.2, 0) is 21.2 Å². The first-order chi connectivity index (χ1) is 10.0. The summed E-state index contributed by atoms with van der Waals surface area (Å²) in [5, 5.41) is 0. The van der Waals surface area contributed by atoms with Gasteiger partial charge in [-0.15, -0.1) is 11.6 Å². The molecule has 1 unspecified atom stereocenters. The van der Waals surface area contributed by atoms with Gasteiger partial charge in [0.05, 0.1) is 18.1 Å². The van der Waals surface area contributed by atoms with Crippen molar-refractivity contribution < 1.29 is 17.9 Å². The molecule has 1 saturated heterocycles. The summed E-state index contributed by atoms with van der Waals surface area (Å²) in [6, 6.07) is 4.99. The summed E-state index contributed by atoms with van der Waals surface area (Å²) in [7, 11) is -0.363. The first-order valence-electron chi connectivity index (χ1n) is 6.78. The summed E-state index contributed by atoms with van der Waals surface area (Å²) in [6.45, 7) is 0.873. The quantitative estimate of drug-likeness (QED) is 0.746. The van der Waals surface area contributed by atoms with Crippen molar-refractivity contribution in [2.24, 2.45) is 0 Å². The van der Waals surface area contributed by atoms with Crippen LogP contribution < -0.4 is 4.74 Å². The van der Waals surface area contributed by atoms with Gasteiger partial charge >= 0.3 is 0 Å². The molecule has 1 aromatic carbocycles. The lowest BCUT2D eigenvalue weighted by atomic mass is 10.1. The number of aryl methyl sites for hydroxylation is 1. The molecule has 1 aliphatic heterocycles. The summed E-state index contributed by atoms with van der Waals surface area (Å²) in [5.41, 5.74) is 0.685. The van der Waals surface area contributed by atoms with E-state index in [-0.39, 0.29) is 6.10 Å². The van der Waals surface area contributed by atoms with Crippen LogP contribution in [0.1, 0.15) is 12.0 Å². The lowest BCUT2D eigenvalue weighted by Crippen LogP contribution is -2.30. The highest BCUT2D eigenvalue weighted by Crippen LogP contribution is 2.28. The maximum absolute atomic E-state index is 12.8. The van der Waals surface area contributed by atoms with Crippen molar-refractivity contribution in [2.75, 3.05) is 33.2 Å². The van der Waals surface area contributed by atoms with Crippen LogP contribution in [-0.4, -0.2) is 52.0 Å². The van der Waals surface area contributed by atoms with Crippen LogP contribution in [0.15, 0.2) is 23.1 Å². The van der Waals surface area contributed by atoms with Crippen molar-refractivity contribution in [3.63, 3.8) is 0 Å². The molecule has 0 spiro atoms. The van der Waals surface area contributed by atoms with Gasteiger partial charge in [-0.3, -0.25) is 0 Å². The minimum atomic E-state index is -3.52. The summed E-state index contributed by atoms with van der Waals surface area (Å²) in [5.74, 6) is 0.987. The van der Waals surface area contributed by atoms with Crippen molar-refractivity contribution in [1.29, 1.82) is 0 Å². The zero-order valence-electron chi connectivity index (χ0n) is 12.2. The Morgan fingerprint density at radius 3 is 2.71 bits per heavy atom. The molecule has 0 radical (unpaired) electrons. The molecule has 1 fully saturated rings. The van der Waals surface area contributed by atoms with E-state index >= 15 is 0 Å². The Labute approximate surface area is 130 Å². The SMILES string of the molecule is COc1ccc(S(=O)(=O)N2CCC(OC)C2)c(CCCl)c1. The third kappa shape index (κ3) is 3.51. The smallest absolute Gasteiger partial charge is 0.243 e. The third-order valence-electron chi connectivity index (χ3n) is 3.69. The predicted molar refractivity (Wildman–Crippen MR) is 81.6 cm³/mol. The standard InChI is InChI=1S/C14H20ClNO4S/c1-19-12-3-4-14(11(9-12)5-7-15)21(17,18)16-8-6-13(10-16)20-2/h3-4,9,13H,5-8,10H2,1-2H3. The second kappa shape index (κ2) is 6.96. The van der Waals surface area contributed by atoms with Crippen LogP contribution in [0.2, 0.25) is 0 Å². The summed E-state index contributed by atoms with van der Waals surface area (Å²) >= 11 is 5.79. The fourth-order valence-corrected chi connectivity index (χ4v) is 4.40. The number of hydrogen-bond acceptors (Lipinski definition) is 4. The van der Waals surface area contributed by atoms with E-state index in [1.165, 1.54) is 4.31 Å². The van der Waals surface area contributed by atoms with Gasteiger partial charge in [0, 0.05) is 26.1 Å².